The lowest BCUT2D eigenvalue weighted by atomic mass is 9.93. The zero-order chi connectivity index (χ0) is 18.0. The fraction of sp³-hybridized carbons (Fsp3) is 0.333. The summed E-state index contributed by atoms with van der Waals surface area (Å²) in [6.07, 6.45) is 1.29. The maximum absolute atomic E-state index is 12.7. The first-order chi connectivity index (χ1) is 12.0. The summed E-state index contributed by atoms with van der Waals surface area (Å²) < 4.78 is 0. The molecule has 3 rings (SSSR count). The van der Waals surface area contributed by atoms with Crippen LogP contribution in [0.5, 0.6) is 0 Å². The molecule has 130 valence electrons. The van der Waals surface area contributed by atoms with Crippen LogP contribution in [0.25, 0.3) is 0 Å². The van der Waals surface area contributed by atoms with Crippen molar-refractivity contribution in [2.45, 2.75) is 38.6 Å². The number of hydrogen-bond acceptors (Lipinski definition) is 2. The quantitative estimate of drug-likeness (QED) is 0.927. The number of hydrogen-bond donors (Lipinski definition) is 1. The largest absolute Gasteiger partial charge is 0.478 e. The van der Waals surface area contributed by atoms with E-state index in [0.29, 0.717) is 12.3 Å². The molecule has 1 fully saturated rings. The lowest BCUT2D eigenvalue weighted by Gasteiger charge is -2.21. The zero-order valence-electron chi connectivity index (χ0n) is 14.6. The minimum Gasteiger partial charge on any atom is -0.478 e. The van der Waals surface area contributed by atoms with Crippen LogP contribution in [-0.4, -0.2) is 34.5 Å². The summed E-state index contributed by atoms with van der Waals surface area (Å²) in [7, 11) is 0. The van der Waals surface area contributed by atoms with Gasteiger partial charge >= 0.3 is 5.97 Å². The van der Waals surface area contributed by atoms with Crippen molar-refractivity contribution in [1.29, 1.82) is 0 Å². The van der Waals surface area contributed by atoms with Crippen LogP contribution in [0.1, 0.15) is 46.3 Å². The fourth-order valence-corrected chi connectivity index (χ4v) is 3.69. The van der Waals surface area contributed by atoms with Gasteiger partial charge in [0.25, 0.3) is 0 Å². The second-order valence-electron chi connectivity index (χ2n) is 6.86. The van der Waals surface area contributed by atoms with Crippen molar-refractivity contribution in [2.75, 3.05) is 6.54 Å². The van der Waals surface area contributed by atoms with Crippen molar-refractivity contribution in [3.63, 3.8) is 0 Å². The van der Waals surface area contributed by atoms with E-state index in [-0.39, 0.29) is 17.5 Å². The van der Waals surface area contributed by atoms with E-state index in [2.05, 4.69) is 32.0 Å². The third kappa shape index (κ3) is 3.73. The molecule has 2 unspecified atom stereocenters. The number of carbonyl (C=O) groups is 2. The Hall–Kier alpha value is -2.62. The first kappa shape index (κ1) is 17.2. The molecule has 0 aromatic heterocycles. The Kier molecular flexibility index (Phi) is 4.88. The predicted octanol–water partition coefficient (Wildman–Crippen LogP) is 3.64. The lowest BCUT2D eigenvalue weighted by Crippen LogP contribution is -2.35. The second-order valence-corrected chi connectivity index (χ2v) is 6.86. The number of amides is 1. The number of benzene rings is 2. The summed E-state index contributed by atoms with van der Waals surface area (Å²) >= 11 is 0. The number of carboxylic acid groups (broad SMARTS) is 1. The normalized spacial score (nSPS) is 19.8. The van der Waals surface area contributed by atoms with E-state index >= 15 is 0 Å². The van der Waals surface area contributed by atoms with Crippen LogP contribution in [0, 0.1) is 6.92 Å². The Morgan fingerprint density at radius 2 is 1.80 bits per heavy atom. The van der Waals surface area contributed by atoms with E-state index in [1.807, 2.05) is 11.0 Å². The number of aryl methyl sites for hydroxylation is 1. The van der Waals surface area contributed by atoms with Gasteiger partial charge in [0, 0.05) is 18.5 Å². The van der Waals surface area contributed by atoms with E-state index in [4.69, 9.17) is 5.11 Å². The highest BCUT2D eigenvalue weighted by Crippen LogP contribution is 2.33. The van der Waals surface area contributed by atoms with Crippen molar-refractivity contribution < 1.29 is 14.7 Å². The van der Waals surface area contributed by atoms with Crippen molar-refractivity contribution >= 4 is 11.9 Å². The number of likely N-dealkylation sites (tertiary alicyclic amines) is 1. The molecule has 1 N–H and O–H groups in total. The van der Waals surface area contributed by atoms with Gasteiger partial charge in [-0.15, -0.1) is 0 Å². The highest BCUT2D eigenvalue weighted by atomic mass is 16.4. The Bertz CT molecular complexity index is 782. The lowest BCUT2D eigenvalue weighted by molar-refractivity contribution is -0.131. The van der Waals surface area contributed by atoms with E-state index in [1.54, 1.807) is 24.3 Å². The first-order valence-corrected chi connectivity index (χ1v) is 8.63. The van der Waals surface area contributed by atoms with Gasteiger partial charge in [-0.1, -0.05) is 36.4 Å². The van der Waals surface area contributed by atoms with E-state index in [0.717, 1.165) is 18.5 Å². The Balaban J connectivity index is 1.68. The average Bonchev–Trinajstić information content (AvgIpc) is 2.97. The fourth-order valence-electron chi connectivity index (χ4n) is 3.69. The van der Waals surface area contributed by atoms with Crippen LogP contribution < -0.4 is 0 Å². The summed E-state index contributed by atoms with van der Waals surface area (Å²) in [4.78, 5) is 25.6. The summed E-state index contributed by atoms with van der Waals surface area (Å²) in [6, 6.07) is 15.1. The molecule has 1 aliphatic rings. The van der Waals surface area contributed by atoms with Gasteiger partial charge in [0.05, 0.1) is 12.0 Å². The molecule has 0 radical (unpaired) electrons. The Labute approximate surface area is 148 Å². The summed E-state index contributed by atoms with van der Waals surface area (Å²) in [6.45, 7) is 4.97. The second kappa shape index (κ2) is 7.09. The zero-order valence-corrected chi connectivity index (χ0v) is 14.6. The van der Waals surface area contributed by atoms with Crippen molar-refractivity contribution in [3.05, 3.63) is 70.8 Å². The molecule has 0 spiro atoms. The highest BCUT2D eigenvalue weighted by Gasteiger charge is 2.33. The summed E-state index contributed by atoms with van der Waals surface area (Å²) in [5.74, 6) is -0.465. The molecule has 2 atom stereocenters. The van der Waals surface area contributed by atoms with Crippen LogP contribution in [0.2, 0.25) is 0 Å². The minimum absolute atomic E-state index is 0.103. The van der Waals surface area contributed by atoms with Crippen LogP contribution in [0.4, 0.5) is 0 Å². The predicted molar refractivity (Wildman–Crippen MR) is 96.8 cm³/mol. The number of carbonyl (C=O) groups excluding carboxylic acids is 1. The maximum atomic E-state index is 12.7. The molecule has 2 aromatic rings. The Morgan fingerprint density at radius 1 is 1.12 bits per heavy atom. The molecule has 25 heavy (non-hydrogen) atoms. The molecule has 1 heterocycles. The molecule has 0 saturated carbocycles. The molecule has 2 aromatic carbocycles. The van der Waals surface area contributed by atoms with E-state index < -0.39 is 5.97 Å². The smallest absolute Gasteiger partial charge is 0.335 e. The summed E-state index contributed by atoms with van der Waals surface area (Å²) in [5.41, 5.74) is 3.70. The van der Waals surface area contributed by atoms with Crippen molar-refractivity contribution in [2.24, 2.45) is 0 Å². The average molecular weight is 337 g/mol. The number of nitrogens with zero attached hydrogens (tertiary/aromatic N) is 1. The molecular weight excluding hydrogens is 314 g/mol. The Morgan fingerprint density at radius 3 is 2.44 bits per heavy atom. The van der Waals surface area contributed by atoms with Gasteiger partial charge in [0.1, 0.15) is 0 Å². The third-order valence-electron chi connectivity index (χ3n) is 5.08. The van der Waals surface area contributed by atoms with Gasteiger partial charge in [-0.05, 0) is 49.1 Å². The van der Waals surface area contributed by atoms with Gasteiger partial charge in [0.2, 0.25) is 5.91 Å². The van der Waals surface area contributed by atoms with Gasteiger partial charge < -0.3 is 10.0 Å². The van der Waals surface area contributed by atoms with Crippen LogP contribution in [0.3, 0.4) is 0 Å². The molecule has 1 amide bonds. The maximum Gasteiger partial charge on any atom is 0.335 e. The topological polar surface area (TPSA) is 57.6 Å². The van der Waals surface area contributed by atoms with Gasteiger partial charge in [-0.25, -0.2) is 4.79 Å². The van der Waals surface area contributed by atoms with Crippen LogP contribution in [-0.2, 0) is 11.2 Å². The number of aromatic carboxylic acids is 1. The first-order valence-electron chi connectivity index (χ1n) is 8.63. The molecular formula is C21H23NO3. The van der Waals surface area contributed by atoms with Crippen molar-refractivity contribution in [3.8, 4) is 0 Å². The van der Waals surface area contributed by atoms with E-state index in [1.165, 1.54) is 11.1 Å². The molecule has 0 aliphatic carbocycles. The van der Waals surface area contributed by atoms with Gasteiger partial charge in [0.15, 0.2) is 0 Å². The molecule has 1 aliphatic heterocycles. The standard InChI is InChI=1S/C21H23NO3/c1-14-5-3-4-6-19(14)18-11-15(2)22(13-18)20(23)12-16-7-9-17(10-8-16)21(24)25/h3-10,15,18H,11-13H2,1-2H3,(H,24,25). The van der Waals surface area contributed by atoms with E-state index in [9.17, 15) is 9.59 Å². The third-order valence-corrected chi connectivity index (χ3v) is 5.08. The SMILES string of the molecule is Cc1ccccc1C1CC(C)N(C(=O)Cc2ccc(C(=O)O)cc2)C1. The molecule has 4 heteroatoms. The number of rotatable bonds is 4. The van der Waals surface area contributed by atoms with Crippen molar-refractivity contribution in [1.82, 2.24) is 4.90 Å². The van der Waals surface area contributed by atoms with Gasteiger partial charge in [-0.3, -0.25) is 4.79 Å². The molecule has 1 saturated heterocycles. The van der Waals surface area contributed by atoms with Gasteiger partial charge in [-0.2, -0.15) is 0 Å². The van der Waals surface area contributed by atoms with Crippen LogP contribution in [0.15, 0.2) is 48.5 Å². The minimum atomic E-state index is -0.952. The monoisotopic (exact) mass is 337 g/mol. The van der Waals surface area contributed by atoms with Crippen LogP contribution >= 0.6 is 0 Å². The molecule has 4 nitrogen and oxygen atoms in total. The summed E-state index contributed by atoms with van der Waals surface area (Å²) in [5, 5.41) is 8.95. The molecule has 0 bridgehead atoms. The highest BCUT2D eigenvalue weighted by molar-refractivity contribution is 5.87. The number of carboxylic acids is 1.